The fourth-order valence-electron chi connectivity index (χ4n) is 2.55. The summed E-state index contributed by atoms with van der Waals surface area (Å²) in [5.41, 5.74) is 1.04. The summed E-state index contributed by atoms with van der Waals surface area (Å²) in [6.07, 6.45) is 1.59. The second-order valence-corrected chi connectivity index (χ2v) is 7.20. The number of amides is 2. The standard InChI is InChI=1S/C20H16ClNO6S/c1-26-16-8-12(6-7-15(16)28-11-18(23)27-2)9-17-19(24)22(20(25)29-17)14-5-3-4-13(21)10-14/h3-10H,11H2,1-2H3. The third-order valence-corrected chi connectivity index (χ3v) is 5.02. The Bertz CT molecular complexity index is 1010. The molecule has 2 aromatic carbocycles. The molecule has 3 rings (SSSR count). The average molecular weight is 434 g/mol. The number of ether oxygens (including phenoxy) is 3. The molecule has 0 bridgehead atoms. The van der Waals surface area contributed by atoms with E-state index in [1.54, 1.807) is 48.5 Å². The molecule has 1 aliphatic rings. The highest BCUT2D eigenvalue weighted by atomic mass is 35.5. The van der Waals surface area contributed by atoms with E-state index in [2.05, 4.69) is 4.74 Å². The van der Waals surface area contributed by atoms with Gasteiger partial charge in [0.05, 0.1) is 24.8 Å². The van der Waals surface area contributed by atoms with E-state index in [-0.39, 0.29) is 11.5 Å². The molecule has 0 radical (unpaired) electrons. The van der Waals surface area contributed by atoms with Crippen LogP contribution in [0.5, 0.6) is 11.5 Å². The lowest BCUT2D eigenvalue weighted by atomic mass is 10.2. The number of halogens is 1. The van der Waals surface area contributed by atoms with Gasteiger partial charge in [0.25, 0.3) is 11.1 Å². The number of thioether (sulfide) groups is 1. The Balaban J connectivity index is 1.83. The van der Waals surface area contributed by atoms with Crippen LogP contribution in [0.4, 0.5) is 10.5 Å². The van der Waals surface area contributed by atoms with Crippen molar-refractivity contribution >= 4 is 52.2 Å². The van der Waals surface area contributed by atoms with Crippen LogP contribution in [-0.2, 0) is 14.3 Å². The van der Waals surface area contributed by atoms with Crippen LogP contribution in [0, 0.1) is 0 Å². The molecule has 150 valence electrons. The lowest BCUT2D eigenvalue weighted by Crippen LogP contribution is -2.27. The van der Waals surface area contributed by atoms with Gasteiger partial charge in [0, 0.05) is 5.02 Å². The SMILES string of the molecule is COC(=O)COc1ccc(C=C2SC(=O)N(c3cccc(Cl)c3)C2=O)cc1OC. The van der Waals surface area contributed by atoms with Gasteiger partial charge in [-0.1, -0.05) is 23.7 Å². The topological polar surface area (TPSA) is 82.1 Å². The van der Waals surface area contributed by atoms with Crippen LogP contribution in [0.3, 0.4) is 0 Å². The summed E-state index contributed by atoms with van der Waals surface area (Å²) in [6, 6.07) is 11.5. The van der Waals surface area contributed by atoms with Crippen molar-refractivity contribution in [1.29, 1.82) is 0 Å². The highest BCUT2D eigenvalue weighted by Gasteiger charge is 2.36. The maximum absolute atomic E-state index is 12.7. The number of nitrogens with zero attached hydrogens (tertiary/aromatic N) is 1. The molecular formula is C20H16ClNO6S. The number of methoxy groups -OCH3 is 2. The average Bonchev–Trinajstić information content (AvgIpc) is 2.99. The van der Waals surface area contributed by atoms with Crippen molar-refractivity contribution in [3.63, 3.8) is 0 Å². The molecular weight excluding hydrogens is 418 g/mol. The Kier molecular flexibility index (Phi) is 6.46. The van der Waals surface area contributed by atoms with E-state index in [9.17, 15) is 14.4 Å². The van der Waals surface area contributed by atoms with Crippen molar-refractivity contribution in [2.45, 2.75) is 0 Å². The molecule has 2 amide bonds. The minimum Gasteiger partial charge on any atom is -0.493 e. The Labute approximate surface area is 176 Å². The number of anilines is 1. The zero-order valence-electron chi connectivity index (χ0n) is 15.5. The van der Waals surface area contributed by atoms with E-state index in [1.165, 1.54) is 14.2 Å². The van der Waals surface area contributed by atoms with Crippen molar-refractivity contribution in [2.24, 2.45) is 0 Å². The number of imide groups is 1. The molecule has 0 saturated carbocycles. The number of carbonyl (C=O) groups is 3. The molecule has 1 saturated heterocycles. The minimum atomic E-state index is -0.522. The molecule has 1 fully saturated rings. The molecule has 0 spiro atoms. The van der Waals surface area contributed by atoms with Crippen LogP contribution < -0.4 is 14.4 Å². The van der Waals surface area contributed by atoms with Crippen LogP contribution in [0.25, 0.3) is 6.08 Å². The Morgan fingerprint density at radius 1 is 1.14 bits per heavy atom. The summed E-state index contributed by atoms with van der Waals surface area (Å²) >= 11 is 6.80. The largest absolute Gasteiger partial charge is 0.493 e. The van der Waals surface area contributed by atoms with Crippen molar-refractivity contribution in [2.75, 3.05) is 25.7 Å². The third-order valence-electron chi connectivity index (χ3n) is 3.92. The molecule has 1 aliphatic heterocycles. The maximum Gasteiger partial charge on any atom is 0.343 e. The van der Waals surface area contributed by atoms with Gasteiger partial charge in [-0.15, -0.1) is 0 Å². The molecule has 0 N–H and O–H groups in total. The van der Waals surface area contributed by atoms with Gasteiger partial charge >= 0.3 is 5.97 Å². The lowest BCUT2D eigenvalue weighted by Gasteiger charge is -2.12. The van der Waals surface area contributed by atoms with Crippen molar-refractivity contribution in [3.8, 4) is 11.5 Å². The molecule has 2 aromatic rings. The summed E-state index contributed by atoms with van der Waals surface area (Å²) in [5, 5.41) is 0.0197. The van der Waals surface area contributed by atoms with E-state index in [4.69, 9.17) is 21.1 Å². The minimum absolute atomic E-state index is 0.259. The first-order valence-electron chi connectivity index (χ1n) is 8.34. The number of carbonyl (C=O) groups excluding carboxylic acids is 3. The lowest BCUT2D eigenvalue weighted by molar-refractivity contribution is -0.142. The fraction of sp³-hybridized carbons (Fsp3) is 0.150. The smallest absolute Gasteiger partial charge is 0.343 e. The Morgan fingerprint density at radius 2 is 1.93 bits per heavy atom. The Morgan fingerprint density at radius 3 is 2.62 bits per heavy atom. The van der Waals surface area contributed by atoms with Gasteiger partial charge in [0.15, 0.2) is 18.1 Å². The normalized spacial score (nSPS) is 15.0. The van der Waals surface area contributed by atoms with Gasteiger partial charge in [-0.05, 0) is 53.7 Å². The maximum atomic E-state index is 12.7. The van der Waals surface area contributed by atoms with Crippen LogP contribution >= 0.6 is 23.4 Å². The number of hydrogen-bond acceptors (Lipinski definition) is 7. The molecule has 0 aliphatic carbocycles. The molecule has 7 nitrogen and oxygen atoms in total. The molecule has 29 heavy (non-hydrogen) atoms. The van der Waals surface area contributed by atoms with E-state index in [1.807, 2.05) is 0 Å². The molecule has 9 heteroatoms. The number of rotatable bonds is 6. The number of hydrogen-bond donors (Lipinski definition) is 0. The first-order valence-corrected chi connectivity index (χ1v) is 9.53. The van der Waals surface area contributed by atoms with E-state index in [0.29, 0.717) is 27.8 Å². The van der Waals surface area contributed by atoms with Crippen LogP contribution in [0.15, 0.2) is 47.4 Å². The molecule has 0 aromatic heterocycles. The first kappa shape index (κ1) is 20.8. The van der Waals surface area contributed by atoms with Gasteiger partial charge in [0.1, 0.15) is 0 Å². The molecule has 1 heterocycles. The zero-order valence-corrected chi connectivity index (χ0v) is 17.1. The van der Waals surface area contributed by atoms with E-state index < -0.39 is 17.1 Å². The third kappa shape index (κ3) is 4.72. The fourth-order valence-corrected chi connectivity index (χ4v) is 3.57. The summed E-state index contributed by atoms with van der Waals surface area (Å²) in [6.45, 7) is -0.259. The highest BCUT2D eigenvalue weighted by molar-refractivity contribution is 8.19. The van der Waals surface area contributed by atoms with E-state index >= 15 is 0 Å². The summed E-state index contributed by atoms with van der Waals surface area (Å²) in [7, 11) is 2.72. The molecule has 0 unspecified atom stereocenters. The predicted octanol–water partition coefficient (Wildman–Crippen LogP) is 4.14. The first-order chi connectivity index (χ1) is 13.9. The van der Waals surface area contributed by atoms with Gasteiger partial charge in [-0.25, -0.2) is 9.69 Å². The quantitative estimate of drug-likeness (QED) is 0.500. The van der Waals surface area contributed by atoms with Gasteiger partial charge in [-0.3, -0.25) is 9.59 Å². The summed E-state index contributed by atoms with van der Waals surface area (Å²) < 4.78 is 15.2. The summed E-state index contributed by atoms with van der Waals surface area (Å²) in [5.74, 6) is -0.239. The van der Waals surface area contributed by atoms with E-state index in [0.717, 1.165) is 16.7 Å². The van der Waals surface area contributed by atoms with Crippen LogP contribution in [0.1, 0.15) is 5.56 Å². The van der Waals surface area contributed by atoms with Gasteiger partial charge < -0.3 is 14.2 Å². The van der Waals surface area contributed by atoms with Crippen molar-refractivity contribution < 1.29 is 28.6 Å². The molecule has 0 atom stereocenters. The second kappa shape index (κ2) is 9.02. The van der Waals surface area contributed by atoms with Gasteiger partial charge in [0.2, 0.25) is 0 Å². The number of esters is 1. The van der Waals surface area contributed by atoms with Gasteiger partial charge in [-0.2, -0.15) is 0 Å². The van der Waals surface area contributed by atoms with Crippen molar-refractivity contribution in [3.05, 3.63) is 58.0 Å². The van der Waals surface area contributed by atoms with Crippen LogP contribution in [0.2, 0.25) is 5.02 Å². The highest BCUT2D eigenvalue weighted by Crippen LogP contribution is 2.37. The second-order valence-electron chi connectivity index (χ2n) is 5.77. The number of benzene rings is 2. The zero-order chi connectivity index (χ0) is 21.0. The predicted molar refractivity (Wildman–Crippen MR) is 110 cm³/mol. The summed E-state index contributed by atoms with van der Waals surface area (Å²) in [4.78, 5) is 37.7. The van der Waals surface area contributed by atoms with Crippen molar-refractivity contribution in [1.82, 2.24) is 0 Å². The van der Waals surface area contributed by atoms with Crippen LogP contribution in [-0.4, -0.2) is 37.9 Å². The Hall–Kier alpha value is -2.97. The monoisotopic (exact) mass is 433 g/mol.